The van der Waals surface area contributed by atoms with Crippen molar-refractivity contribution in [2.75, 3.05) is 50.8 Å². The second-order valence-electron chi connectivity index (χ2n) is 9.99. The summed E-state index contributed by atoms with van der Waals surface area (Å²) in [5, 5.41) is 14.5. The molecule has 0 aliphatic carbocycles. The molecule has 1 N–H and O–H groups in total. The van der Waals surface area contributed by atoms with Gasteiger partial charge in [0.15, 0.2) is 11.4 Å². The molecule has 4 heterocycles. The number of piperazine rings is 1. The molecular weight excluding hydrogens is 435 g/mol. The van der Waals surface area contributed by atoms with Gasteiger partial charge in [-0.1, -0.05) is 17.3 Å². The molecule has 2 atom stereocenters. The van der Waals surface area contributed by atoms with Crippen molar-refractivity contribution in [3.8, 4) is 5.75 Å². The van der Waals surface area contributed by atoms with Crippen LogP contribution in [0.25, 0.3) is 11.0 Å². The molecule has 3 aliphatic heterocycles. The van der Waals surface area contributed by atoms with Gasteiger partial charge in [-0.25, -0.2) is 4.39 Å². The highest BCUT2D eigenvalue weighted by molar-refractivity contribution is 5.88. The van der Waals surface area contributed by atoms with Gasteiger partial charge in [0.1, 0.15) is 11.6 Å². The molecule has 7 nitrogen and oxygen atoms in total. The Kier molecular flexibility index (Phi) is 5.89. The second-order valence-corrected chi connectivity index (χ2v) is 9.99. The van der Waals surface area contributed by atoms with Gasteiger partial charge in [0.2, 0.25) is 0 Å². The molecule has 0 saturated carbocycles. The van der Waals surface area contributed by atoms with Crippen molar-refractivity contribution in [2.24, 2.45) is 5.92 Å². The van der Waals surface area contributed by atoms with Crippen molar-refractivity contribution in [3.05, 3.63) is 53.8 Å². The summed E-state index contributed by atoms with van der Waals surface area (Å²) >= 11 is 0. The second kappa shape index (κ2) is 9.17. The molecule has 2 aromatic carbocycles. The average Bonchev–Trinajstić information content (AvgIpc) is 3.25. The number of likely N-dealkylation sites (tertiary alicyclic amines) is 1. The number of halogens is 1. The third-order valence-electron chi connectivity index (χ3n) is 7.45. The van der Waals surface area contributed by atoms with Crippen LogP contribution in [0.3, 0.4) is 0 Å². The van der Waals surface area contributed by atoms with Gasteiger partial charge in [0.25, 0.3) is 0 Å². The van der Waals surface area contributed by atoms with Crippen molar-refractivity contribution >= 4 is 16.8 Å². The van der Waals surface area contributed by atoms with Gasteiger partial charge in [-0.15, -0.1) is 0 Å². The quantitative estimate of drug-likeness (QED) is 0.599. The number of benzene rings is 2. The molecule has 2 unspecified atom stereocenters. The topological polar surface area (TPSA) is 65.2 Å². The highest BCUT2D eigenvalue weighted by atomic mass is 19.1. The molecule has 180 valence electrons. The number of aromatic nitrogens is 1. The van der Waals surface area contributed by atoms with E-state index < -0.39 is 0 Å². The van der Waals surface area contributed by atoms with Gasteiger partial charge in [0, 0.05) is 57.8 Å². The van der Waals surface area contributed by atoms with E-state index in [0.29, 0.717) is 17.5 Å². The van der Waals surface area contributed by atoms with Crippen LogP contribution in [0.5, 0.6) is 5.75 Å². The first-order valence-corrected chi connectivity index (χ1v) is 12.3. The number of hydrogen-bond donors (Lipinski definition) is 1. The normalized spacial score (nSPS) is 24.2. The lowest BCUT2D eigenvalue weighted by Gasteiger charge is -2.46. The van der Waals surface area contributed by atoms with Gasteiger partial charge in [-0.05, 0) is 48.7 Å². The van der Waals surface area contributed by atoms with E-state index in [4.69, 9.17) is 9.26 Å². The highest BCUT2D eigenvalue weighted by Gasteiger charge is 2.34. The smallest absolute Gasteiger partial charge is 0.180 e. The Morgan fingerprint density at radius 1 is 1.06 bits per heavy atom. The maximum absolute atomic E-state index is 13.8. The molecule has 1 aromatic heterocycles. The molecule has 3 saturated heterocycles. The Morgan fingerprint density at radius 2 is 1.97 bits per heavy atom. The summed E-state index contributed by atoms with van der Waals surface area (Å²) in [7, 11) is 0. The van der Waals surface area contributed by atoms with Crippen molar-refractivity contribution < 1.29 is 18.8 Å². The zero-order chi connectivity index (χ0) is 23.1. The van der Waals surface area contributed by atoms with Crippen LogP contribution in [0.15, 0.2) is 47.0 Å². The fourth-order valence-corrected chi connectivity index (χ4v) is 5.59. The van der Waals surface area contributed by atoms with E-state index in [1.165, 1.54) is 17.7 Å². The third-order valence-corrected chi connectivity index (χ3v) is 7.45. The van der Waals surface area contributed by atoms with Crippen LogP contribution in [0, 0.1) is 11.7 Å². The van der Waals surface area contributed by atoms with Crippen molar-refractivity contribution in [1.29, 1.82) is 0 Å². The Hall–Kier alpha value is -2.68. The first kappa shape index (κ1) is 21.8. The SMILES string of the molecule is OC1CN(Cc2cccc(OCC3CCC4CN(c5noc6ccc(F)cc56)CCN4C3)c2)C1. The number of aliphatic hydroxyl groups is 1. The zero-order valence-electron chi connectivity index (χ0n) is 19.3. The van der Waals surface area contributed by atoms with Crippen molar-refractivity contribution in [1.82, 2.24) is 15.0 Å². The molecule has 0 spiro atoms. The fourth-order valence-electron chi connectivity index (χ4n) is 5.59. The number of fused-ring (bicyclic) bond motifs is 2. The Labute approximate surface area is 198 Å². The van der Waals surface area contributed by atoms with Crippen LogP contribution in [0.1, 0.15) is 18.4 Å². The molecule has 0 amide bonds. The summed E-state index contributed by atoms with van der Waals surface area (Å²) < 4.78 is 25.4. The standard InChI is InChI=1S/C26H31FN4O3/c27-20-5-7-25-24(11-20)26(28-34-25)31-9-8-30-13-19(4-6-21(30)14-31)17-33-23-3-1-2-18(10-23)12-29-15-22(32)16-29/h1-3,5,7,10-11,19,21-22,32H,4,6,8-9,12-17H2. The number of rotatable bonds is 6. The summed E-state index contributed by atoms with van der Waals surface area (Å²) in [6, 6.07) is 13.4. The first-order valence-electron chi connectivity index (χ1n) is 12.3. The van der Waals surface area contributed by atoms with E-state index in [9.17, 15) is 9.50 Å². The number of anilines is 1. The first-order chi connectivity index (χ1) is 16.6. The van der Waals surface area contributed by atoms with Gasteiger partial charge < -0.3 is 19.3 Å². The minimum absolute atomic E-state index is 0.172. The van der Waals surface area contributed by atoms with E-state index in [-0.39, 0.29) is 11.9 Å². The zero-order valence-corrected chi connectivity index (χ0v) is 19.3. The van der Waals surface area contributed by atoms with Crippen LogP contribution < -0.4 is 9.64 Å². The maximum atomic E-state index is 13.8. The lowest BCUT2D eigenvalue weighted by Crippen LogP contribution is -2.57. The summed E-state index contributed by atoms with van der Waals surface area (Å²) in [5.74, 6) is 1.93. The van der Waals surface area contributed by atoms with Gasteiger partial charge in [0.05, 0.1) is 18.1 Å². The van der Waals surface area contributed by atoms with Crippen molar-refractivity contribution in [3.63, 3.8) is 0 Å². The molecule has 3 aliphatic rings. The van der Waals surface area contributed by atoms with E-state index in [1.54, 1.807) is 6.07 Å². The van der Waals surface area contributed by atoms with E-state index >= 15 is 0 Å². The Morgan fingerprint density at radius 3 is 2.85 bits per heavy atom. The number of aliphatic hydroxyl groups excluding tert-OH is 1. The van der Waals surface area contributed by atoms with Gasteiger partial charge >= 0.3 is 0 Å². The molecule has 34 heavy (non-hydrogen) atoms. The monoisotopic (exact) mass is 466 g/mol. The van der Waals surface area contributed by atoms with E-state index in [1.807, 2.05) is 6.07 Å². The van der Waals surface area contributed by atoms with Crippen LogP contribution >= 0.6 is 0 Å². The number of hydrogen-bond acceptors (Lipinski definition) is 7. The summed E-state index contributed by atoms with van der Waals surface area (Å²) in [5.41, 5.74) is 1.86. The van der Waals surface area contributed by atoms with Crippen molar-refractivity contribution in [2.45, 2.75) is 31.5 Å². The summed E-state index contributed by atoms with van der Waals surface area (Å²) in [4.78, 5) is 7.05. The lowest BCUT2D eigenvalue weighted by atomic mass is 9.91. The predicted molar refractivity (Wildman–Crippen MR) is 127 cm³/mol. The molecule has 3 fully saturated rings. The Bertz CT molecular complexity index is 1150. The number of nitrogens with zero attached hydrogens (tertiary/aromatic N) is 4. The molecule has 0 bridgehead atoms. The predicted octanol–water partition coefficient (Wildman–Crippen LogP) is 3.12. The molecule has 6 rings (SSSR count). The van der Waals surface area contributed by atoms with Gasteiger partial charge in [-0.2, -0.15) is 0 Å². The van der Waals surface area contributed by atoms with Crippen LogP contribution in [0.2, 0.25) is 0 Å². The number of ether oxygens (including phenoxy) is 1. The third kappa shape index (κ3) is 4.50. The minimum Gasteiger partial charge on any atom is -0.493 e. The summed E-state index contributed by atoms with van der Waals surface area (Å²) in [6.07, 6.45) is 2.08. The van der Waals surface area contributed by atoms with Crippen LogP contribution in [-0.4, -0.2) is 78.1 Å². The van der Waals surface area contributed by atoms with E-state index in [2.05, 4.69) is 38.1 Å². The lowest BCUT2D eigenvalue weighted by molar-refractivity contribution is -0.00290. The maximum Gasteiger partial charge on any atom is 0.180 e. The van der Waals surface area contributed by atoms with Crippen LogP contribution in [0.4, 0.5) is 10.2 Å². The Balaban J connectivity index is 1.02. The molecule has 8 heteroatoms. The van der Waals surface area contributed by atoms with E-state index in [0.717, 1.165) is 82.2 Å². The van der Waals surface area contributed by atoms with Gasteiger partial charge in [-0.3, -0.25) is 9.80 Å². The highest BCUT2D eigenvalue weighted by Crippen LogP contribution is 2.32. The molecule has 0 radical (unpaired) electrons. The summed E-state index contributed by atoms with van der Waals surface area (Å²) in [6.45, 7) is 6.84. The number of β-amino-alcohol motifs (C(OH)–C–C–N with tert-alkyl or cyclic N) is 1. The fraction of sp³-hybridized carbons (Fsp3) is 0.500. The average molecular weight is 467 g/mol. The number of piperidine rings is 1. The van der Waals surface area contributed by atoms with Crippen LogP contribution in [-0.2, 0) is 6.54 Å². The molecular formula is C26H31FN4O3. The minimum atomic E-state index is -0.263. The molecule has 3 aromatic rings. The largest absolute Gasteiger partial charge is 0.493 e.